The molecule has 2 aliphatic carbocycles. The van der Waals surface area contributed by atoms with E-state index in [9.17, 15) is 0 Å². The quantitative estimate of drug-likeness (QED) is 0.838. The lowest BCUT2D eigenvalue weighted by molar-refractivity contribution is 0.0565. The van der Waals surface area contributed by atoms with Crippen molar-refractivity contribution in [3.05, 3.63) is 0 Å². The molecule has 2 heteroatoms. The van der Waals surface area contributed by atoms with Gasteiger partial charge in [0, 0.05) is 24.7 Å². The van der Waals surface area contributed by atoms with Gasteiger partial charge in [0.2, 0.25) is 0 Å². The van der Waals surface area contributed by atoms with Gasteiger partial charge < -0.3 is 5.32 Å². The van der Waals surface area contributed by atoms with E-state index in [-0.39, 0.29) is 0 Å². The Labute approximate surface area is 132 Å². The molecular weight excluding hydrogens is 256 g/mol. The lowest BCUT2D eigenvalue weighted by Crippen LogP contribution is -2.64. The molecule has 3 fully saturated rings. The van der Waals surface area contributed by atoms with Crippen LogP contribution in [0.4, 0.5) is 0 Å². The first-order valence-corrected chi connectivity index (χ1v) is 9.66. The average Bonchev–Trinajstić information content (AvgIpc) is 2.51. The van der Waals surface area contributed by atoms with Crippen LogP contribution in [0.5, 0.6) is 0 Å². The van der Waals surface area contributed by atoms with Crippen LogP contribution in [0.15, 0.2) is 0 Å². The molecule has 0 radical (unpaired) electrons. The maximum Gasteiger partial charge on any atom is 0.0309 e. The molecule has 0 aromatic rings. The summed E-state index contributed by atoms with van der Waals surface area (Å²) in [5.74, 6) is 2.01. The fourth-order valence-corrected chi connectivity index (χ4v) is 4.92. The highest BCUT2D eigenvalue weighted by molar-refractivity contribution is 4.98. The summed E-state index contributed by atoms with van der Waals surface area (Å²) in [5, 5.41) is 3.92. The van der Waals surface area contributed by atoms with Gasteiger partial charge in [-0.2, -0.15) is 0 Å². The molecule has 0 aromatic heterocycles. The Hall–Kier alpha value is -0.0800. The molecule has 1 atom stereocenters. The zero-order chi connectivity index (χ0) is 14.7. The third-order valence-electron chi connectivity index (χ3n) is 6.67. The highest BCUT2D eigenvalue weighted by atomic mass is 15.2. The predicted molar refractivity (Wildman–Crippen MR) is 90.6 cm³/mol. The van der Waals surface area contributed by atoms with E-state index in [0.29, 0.717) is 5.54 Å². The van der Waals surface area contributed by atoms with E-state index in [4.69, 9.17) is 0 Å². The predicted octanol–water partition coefficient (Wildman–Crippen LogP) is 4.20. The van der Waals surface area contributed by atoms with E-state index in [0.717, 1.165) is 17.9 Å². The molecule has 122 valence electrons. The minimum absolute atomic E-state index is 0.478. The van der Waals surface area contributed by atoms with E-state index in [1.807, 2.05) is 0 Å². The summed E-state index contributed by atoms with van der Waals surface area (Å²) >= 11 is 0. The lowest BCUT2D eigenvalue weighted by atomic mass is 9.78. The van der Waals surface area contributed by atoms with Gasteiger partial charge >= 0.3 is 0 Å². The Morgan fingerprint density at radius 3 is 2.43 bits per heavy atom. The molecule has 1 N–H and O–H groups in total. The van der Waals surface area contributed by atoms with Gasteiger partial charge in [0.1, 0.15) is 0 Å². The summed E-state index contributed by atoms with van der Waals surface area (Å²) in [6.07, 6.45) is 14.6. The second-order valence-corrected chi connectivity index (χ2v) is 8.46. The first kappa shape index (κ1) is 15.8. The van der Waals surface area contributed by atoms with Crippen LogP contribution in [0.25, 0.3) is 0 Å². The zero-order valence-corrected chi connectivity index (χ0v) is 14.4. The van der Waals surface area contributed by atoms with Crippen LogP contribution >= 0.6 is 0 Å². The van der Waals surface area contributed by atoms with Crippen LogP contribution in [-0.2, 0) is 0 Å². The summed E-state index contributed by atoms with van der Waals surface area (Å²) in [7, 11) is 0. The van der Waals surface area contributed by atoms with Crippen LogP contribution in [-0.4, -0.2) is 36.1 Å². The number of hydrogen-bond acceptors (Lipinski definition) is 2. The third-order valence-corrected chi connectivity index (χ3v) is 6.67. The normalized spacial score (nSPS) is 37.7. The number of nitrogens with one attached hydrogen (secondary N) is 1. The molecule has 2 saturated carbocycles. The number of rotatable bonds is 3. The molecule has 21 heavy (non-hydrogen) atoms. The van der Waals surface area contributed by atoms with Crippen LogP contribution in [0.1, 0.15) is 78.1 Å². The van der Waals surface area contributed by atoms with Crippen molar-refractivity contribution in [1.29, 1.82) is 0 Å². The molecule has 0 amide bonds. The van der Waals surface area contributed by atoms with E-state index in [2.05, 4.69) is 24.1 Å². The van der Waals surface area contributed by atoms with Gasteiger partial charge in [-0.1, -0.05) is 51.9 Å². The van der Waals surface area contributed by atoms with Crippen LogP contribution in [0.2, 0.25) is 0 Å². The zero-order valence-electron chi connectivity index (χ0n) is 14.4. The Morgan fingerprint density at radius 1 is 1.00 bits per heavy atom. The Bertz CT molecular complexity index is 314. The van der Waals surface area contributed by atoms with Gasteiger partial charge in [0.05, 0.1) is 0 Å². The van der Waals surface area contributed by atoms with Crippen LogP contribution in [0, 0.1) is 11.8 Å². The minimum Gasteiger partial charge on any atom is -0.308 e. The summed E-state index contributed by atoms with van der Waals surface area (Å²) in [5.41, 5.74) is 0.478. The molecule has 1 unspecified atom stereocenters. The SMILES string of the molecule is CC1CCC(CCN2CC3(CCCCC3)NCC2C)CC1. The first-order chi connectivity index (χ1) is 10.2. The van der Waals surface area contributed by atoms with E-state index in [1.165, 1.54) is 83.8 Å². The lowest BCUT2D eigenvalue weighted by Gasteiger charge is -2.49. The van der Waals surface area contributed by atoms with Crippen molar-refractivity contribution in [3.8, 4) is 0 Å². The molecule has 3 rings (SSSR count). The first-order valence-electron chi connectivity index (χ1n) is 9.66. The van der Waals surface area contributed by atoms with Crippen molar-refractivity contribution >= 4 is 0 Å². The van der Waals surface area contributed by atoms with Crippen molar-refractivity contribution in [1.82, 2.24) is 10.2 Å². The highest BCUT2D eigenvalue weighted by Gasteiger charge is 2.38. The molecule has 0 aromatic carbocycles. The monoisotopic (exact) mass is 292 g/mol. The van der Waals surface area contributed by atoms with E-state index >= 15 is 0 Å². The van der Waals surface area contributed by atoms with Gasteiger partial charge in [-0.05, 0) is 44.6 Å². The molecule has 1 aliphatic heterocycles. The molecule has 1 heterocycles. The highest BCUT2D eigenvalue weighted by Crippen LogP contribution is 2.33. The second-order valence-electron chi connectivity index (χ2n) is 8.46. The smallest absolute Gasteiger partial charge is 0.0309 e. The molecule has 3 aliphatic rings. The molecule has 1 saturated heterocycles. The maximum absolute atomic E-state index is 3.92. The van der Waals surface area contributed by atoms with Gasteiger partial charge in [0.15, 0.2) is 0 Å². The van der Waals surface area contributed by atoms with Crippen LogP contribution in [0.3, 0.4) is 0 Å². The fraction of sp³-hybridized carbons (Fsp3) is 1.00. The Morgan fingerprint density at radius 2 is 1.71 bits per heavy atom. The van der Waals surface area contributed by atoms with Crippen molar-refractivity contribution < 1.29 is 0 Å². The van der Waals surface area contributed by atoms with Crippen molar-refractivity contribution in [2.45, 2.75) is 89.6 Å². The standard InChI is InChI=1S/C19H36N2/c1-16-6-8-18(9-7-16)10-13-21-15-19(20-14-17(21)2)11-4-3-5-12-19/h16-18,20H,3-15H2,1-2H3. The average molecular weight is 293 g/mol. The summed E-state index contributed by atoms with van der Waals surface area (Å²) < 4.78 is 0. The van der Waals surface area contributed by atoms with E-state index < -0.39 is 0 Å². The third kappa shape index (κ3) is 4.01. The Kier molecular flexibility index (Phi) is 5.27. The summed E-state index contributed by atoms with van der Waals surface area (Å²) in [6, 6.07) is 0.736. The molecular formula is C19H36N2. The second kappa shape index (κ2) is 7.00. The van der Waals surface area contributed by atoms with Gasteiger partial charge in [-0.3, -0.25) is 4.90 Å². The van der Waals surface area contributed by atoms with Crippen LogP contribution < -0.4 is 5.32 Å². The van der Waals surface area contributed by atoms with Gasteiger partial charge in [0.25, 0.3) is 0 Å². The maximum atomic E-state index is 3.92. The van der Waals surface area contributed by atoms with E-state index in [1.54, 1.807) is 0 Å². The number of piperazine rings is 1. The fourth-order valence-electron chi connectivity index (χ4n) is 4.92. The van der Waals surface area contributed by atoms with Gasteiger partial charge in [-0.15, -0.1) is 0 Å². The minimum atomic E-state index is 0.478. The molecule has 0 bridgehead atoms. The number of hydrogen-bond donors (Lipinski definition) is 1. The van der Waals surface area contributed by atoms with Gasteiger partial charge in [-0.25, -0.2) is 0 Å². The summed E-state index contributed by atoms with van der Waals surface area (Å²) in [6.45, 7) is 8.73. The molecule has 1 spiro atoms. The van der Waals surface area contributed by atoms with Crippen molar-refractivity contribution in [2.75, 3.05) is 19.6 Å². The topological polar surface area (TPSA) is 15.3 Å². The van der Waals surface area contributed by atoms with Crippen molar-refractivity contribution in [3.63, 3.8) is 0 Å². The van der Waals surface area contributed by atoms with Crippen molar-refractivity contribution in [2.24, 2.45) is 11.8 Å². The summed E-state index contributed by atoms with van der Waals surface area (Å²) in [4.78, 5) is 2.82. The number of nitrogens with zero attached hydrogens (tertiary/aromatic N) is 1. The molecule has 2 nitrogen and oxygen atoms in total. The Balaban J connectivity index is 1.49. The largest absolute Gasteiger partial charge is 0.308 e.